The van der Waals surface area contributed by atoms with Crippen LogP contribution in [-0.4, -0.2) is 36.5 Å². The Morgan fingerprint density at radius 2 is 1.92 bits per heavy atom. The molecule has 0 aliphatic carbocycles. The minimum Gasteiger partial charge on any atom is -0.356 e. The number of anilines is 1. The maximum Gasteiger partial charge on any atom is 0.321 e. The number of hydrogen-bond donors (Lipinski definition) is 2. The Kier molecular flexibility index (Phi) is 6.73. The number of carbonyl (C=O) groups is 2. The molecule has 5 nitrogen and oxygen atoms in total. The van der Waals surface area contributed by atoms with E-state index in [1.165, 1.54) is 0 Å². The highest BCUT2D eigenvalue weighted by atomic mass is 19.1. The largest absolute Gasteiger partial charge is 0.356 e. The Labute approximate surface area is 146 Å². The molecule has 7 heteroatoms. The van der Waals surface area contributed by atoms with Crippen molar-refractivity contribution in [1.29, 1.82) is 0 Å². The molecule has 1 aliphatic rings. The van der Waals surface area contributed by atoms with Crippen molar-refractivity contribution < 1.29 is 18.4 Å². The van der Waals surface area contributed by atoms with E-state index in [0.717, 1.165) is 37.5 Å². The van der Waals surface area contributed by atoms with Gasteiger partial charge in [-0.2, -0.15) is 0 Å². The number of amides is 3. The number of halogens is 2. The minimum absolute atomic E-state index is 0.0197. The van der Waals surface area contributed by atoms with Crippen LogP contribution in [0.3, 0.4) is 0 Å². The first kappa shape index (κ1) is 19.1. The van der Waals surface area contributed by atoms with Gasteiger partial charge in [0.25, 0.3) is 0 Å². The lowest BCUT2D eigenvalue weighted by Gasteiger charge is -2.32. The van der Waals surface area contributed by atoms with Gasteiger partial charge in [-0.15, -0.1) is 0 Å². The third kappa shape index (κ3) is 5.69. The van der Waals surface area contributed by atoms with E-state index < -0.39 is 17.7 Å². The number of piperidine rings is 1. The second-order valence-corrected chi connectivity index (χ2v) is 6.72. The van der Waals surface area contributed by atoms with E-state index in [-0.39, 0.29) is 17.5 Å². The molecule has 0 aromatic heterocycles. The number of benzene rings is 1. The normalized spacial score (nSPS) is 15.3. The Bertz CT molecular complexity index is 614. The maximum atomic E-state index is 13.6. The van der Waals surface area contributed by atoms with E-state index in [2.05, 4.69) is 10.6 Å². The van der Waals surface area contributed by atoms with Crippen LogP contribution in [-0.2, 0) is 4.79 Å². The highest BCUT2D eigenvalue weighted by Crippen LogP contribution is 2.22. The van der Waals surface area contributed by atoms with Crippen LogP contribution in [0.4, 0.5) is 19.3 Å². The van der Waals surface area contributed by atoms with Crippen molar-refractivity contribution in [3.63, 3.8) is 0 Å². The van der Waals surface area contributed by atoms with Gasteiger partial charge in [0.05, 0.1) is 5.69 Å². The topological polar surface area (TPSA) is 61.4 Å². The van der Waals surface area contributed by atoms with Crippen molar-refractivity contribution in [1.82, 2.24) is 10.2 Å². The number of likely N-dealkylation sites (tertiary alicyclic amines) is 1. The van der Waals surface area contributed by atoms with Gasteiger partial charge in [-0.25, -0.2) is 13.6 Å². The van der Waals surface area contributed by atoms with Gasteiger partial charge in [-0.1, -0.05) is 13.8 Å². The molecule has 0 radical (unpaired) electrons. The summed E-state index contributed by atoms with van der Waals surface area (Å²) < 4.78 is 26.7. The summed E-state index contributed by atoms with van der Waals surface area (Å²) in [6, 6.07) is 2.55. The van der Waals surface area contributed by atoms with Crippen LogP contribution in [0.25, 0.3) is 0 Å². The average molecular weight is 353 g/mol. The van der Waals surface area contributed by atoms with Crippen LogP contribution >= 0.6 is 0 Å². The number of hydrogen-bond acceptors (Lipinski definition) is 2. The lowest BCUT2D eigenvalue weighted by molar-refractivity contribution is -0.124. The zero-order valence-corrected chi connectivity index (χ0v) is 14.6. The molecule has 3 amide bonds. The molecule has 1 saturated heterocycles. The van der Waals surface area contributed by atoms with Gasteiger partial charge in [0.1, 0.15) is 11.6 Å². The average Bonchev–Trinajstić information content (AvgIpc) is 2.58. The fourth-order valence-corrected chi connectivity index (χ4v) is 2.82. The number of nitrogens with one attached hydrogen (secondary N) is 2. The Hall–Kier alpha value is -2.18. The minimum atomic E-state index is -0.662. The quantitative estimate of drug-likeness (QED) is 0.853. The molecule has 0 bridgehead atoms. The maximum absolute atomic E-state index is 13.6. The molecule has 2 N–H and O–H groups in total. The zero-order valence-electron chi connectivity index (χ0n) is 14.6. The summed E-state index contributed by atoms with van der Waals surface area (Å²) in [4.78, 5) is 25.3. The van der Waals surface area contributed by atoms with E-state index >= 15 is 0 Å². The van der Waals surface area contributed by atoms with Crippen LogP contribution < -0.4 is 10.6 Å². The molecule has 1 aromatic rings. The fourth-order valence-electron chi connectivity index (χ4n) is 2.82. The van der Waals surface area contributed by atoms with E-state index in [4.69, 9.17) is 0 Å². The van der Waals surface area contributed by atoms with E-state index in [1.807, 2.05) is 13.8 Å². The second-order valence-electron chi connectivity index (χ2n) is 6.72. The van der Waals surface area contributed by atoms with Crippen molar-refractivity contribution in [3.05, 3.63) is 29.8 Å². The summed E-state index contributed by atoms with van der Waals surface area (Å²) in [5, 5.41) is 5.32. The molecule has 0 unspecified atom stereocenters. The van der Waals surface area contributed by atoms with Crippen LogP contribution in [0.5, 0.6) is 0 Å². The highest BCUT2D eigenvalue weighted by molar-refractivity contribution is 5.89. The molecule has 1 heterocycles. The van der Waals surface area contributed by atoms with Gasteiger partial charge in [0.2, 0.25) is 5.91 Å². The number of carbonyl (C=O) groups excluding carboxylic acids is 2. The fraction of sp³-hybridized carbons (Fsp3) is 0.556. The van der Waals surface area contributed by atoms with Gasteiger partial charge in [0.15, 0.2) is 0 Å². The molecule has 0 atom stereocenters. The van der Waals surface area contributed by atoms with Crippen molar-refractivity contribution >= 4 is 17.6 Å². The Morgan fingerprint density at radius 1 is 1.24 bits per heavy atom. The molecule has 138 valence electrons. The predicted octanol–water partition coefficient (Wildman–Crippen LogP) is 3.37. The number of nitrogens with zero attached hydrogens (tertiary/aromatic N) is 1. The summed E-state index contributed by atoms with van der Waals surface area (Å²) in [5.41, 5.74) is -0.150. The number of rotatable bonds is 5. The van der Waals surface area contributed by atoms with E-state index in [0.29, 0.717) is 25.6 Å². The molecular weight excluding hydrogens is 328 g/mol. The summed E-state index contributed by atoms with van der Waals surface area (Å²) in [7, 11) is 0. The van der Waals surface area contributed by atoms with Gasteiger partial charge in [-0.3, -0.25) is 4.79 Å². The lowest BCUT2D eigenvalue weighted by atomic mass is 9.93. The Balaban J connectivity index is 1.75. The smallest absolute Gasteiger partial charge is 0.321 e. The van der Waals surface area contributed by atoms with Gasteiger partial charge in [0, 0.05) is 31.6 Å². The van der Waals surface area contributed by atoms with Crippen LogP contribution in [0.2, 0.25) is 0 Å². The summed E-state index contributed by atoms with van der Waals surface area (Å²) in [5.74, 6) is -0.783. The summed E-state index contributed by atoms with van der Waals surface area (Å²) >= 11 is 0. The van der Waals surface area contributed by atoms with Crippen molar-refractivity contribution in [3.8, 4) is 0 Å². The van der Waals surface area contributed by atoms with Gasteiger partial charge in [-0.05, 0) is 37.3 Å². The number of urea groups is 1. The Morgan fingerprint density at radius 3 is 2.56 bits per heavy atom. The molecule has 1 aliphatic heterocycles. The summed E-state index contributed by atoms with van der Waals surface area (Å²) in [6.07, 6.45) is 2.54. The lowest BCUT2D eigenvalue weighted by Crippen LogP contribution is -2.41. The third-order valence-electron chi connectivity index (χ3n) is 4.45. The van der Waals surface area contributed by atoms with Crippen LogP contribution in [0.15, 0.2) is 18.2 Å². The molecule has 0 saturated carbocycles. The van der Waals surface area contributed by atoms with Crippen LogP contribution in [0.1, 0.15) is 33.1 Å². The monoisotopic (exact) mass is 353 g/mol. The summed E-state index contributed by atoms with van der Waals surface area (Å²) in [6.45, 7) is 5.47. The van der Waals surface area contributed by atoms with Gasteiger partial charge >= 0.3 is 6.03 Å². The highest BCUT2D eigenvalue weighted by Gasteiger charge is 2.23. The standard InChI is InChI=1S/C18H25F2N3O2/c1-12(2)17(24)21-8-5-13-6-9-23(10-7-13)18(25)22-16-11-14(19)3-4-15(16)20/h3-4,11-13H,5-10H2,1-2H3,(H,21,24)(H,22,25). The molecule has 25 heavy (non-hydrogen) atoms. The van der Waals surface area contributed by atoms with Crippen molar-refractivity contribution in [2.75, 3.05) is 25.0 Å². The molecule has 1 fully saturated rings. The van der Waals surface area contributed by atoms with E-state index in [1.54, 1.807) is 4.90 Å². The third-order valence-corrected chi connectivity index (χ3v) is 4.45. The first-order chi connectivity index (χ1) is 11.9. The molecule has 1 aromatic carbocycles. The van der Waals surface area contributed by atoms with Crippen molar-refractivity contribution in [2.45, 2.75) is 33.1 Å². The first-order valence-electron chi connectivity index (χ1n) is 8.65. The SMILES string of the molecule is CC(C)C(=O)NCCC1CCN(C(=O)Nc2cc(F)ccc2F)CC1. The van der Waals surface area contributed by atoms with Gasteiger partial charge < -0.3 is 15.5 Å². The molecule has 2 rings (SSSR count). The van der Waals surface area contributed by atoms with E-state index in [9.17, 15) is 18.4 Å². The second kappa shape index (κ2) is 8.78. The van der Waals surface area contributed by atoms with Crippen molar-refractivity contribution in [2.24, 2.45) is 11.8 Å². The molecule has 0 spiro atoms. The zero-order chi connectivity index (χ0) is 18.4. The van der Waals surface area contributed by atoms with Crippen LogP contribution in [0, 0.1) is 23.5 Å². The first-order valence-corrected chi connectivity index (χ1v) is 8.65. The predicted molar refractivity (Wildman–Crippen MR) is 92.1 cm³/mol. The molecular formula is C18H25F2N3O2.